The van der Waals surface area contributed by atoms with Gasteiger partial charge in [-0.3, -0.25) is 0 Å². The number of hydrogen-bond acceptors (Lipinski definition) is 1. The van der Waals surface area contributed by atoms with Gasteiger partial charge in [-0.15, -0.1) is 0 Å². The average Bonchev–Trinajstić information content (AvgIpc) is 2.45. The molecule has 0 heterocycles. The lowest BCUT2D eigenvalue weighted by molar-refractivity contribution is 0.374. The summed E-state index contributed by atoms with van der Waals surface area (Å²) < 4.78 is 0. The maximum Gasteiger partial charge on any atom is 0.0423 e. The molecule has 0 atom stereocenters. The van der Waals surface area contributed by atoms with Crippen molar-refractivity contribution in [2.45, 2.75) is 13.0 Å². The van der Waals surface area contributed by atoms with Gasteiger partial charge in [0, 0.05) is 13.1 Å². The molecule has 0 N–H and O–H groups in total. The van der Waals surface area contributed by atoms with Gasteiger partial charge in [0.25, 0.3) is 0 Å². The van der Waals surface area contributed by atoms with Crippen molar-refractivity contribution in [2.24, 2.45) is 0 Å². The van der Waals surface area contributed by atoms with Crippen LogP contribution in [0.3, 0.4) is 0 Å². The SMILES string of the molecule is C=CN(CCc1ccccc1)Cc1ccccc1. The van der Waals surface area contributed by atoms with Gasteiger partial charge in [-0.2, -0.15) is 0 Å². The number of benzene rings is 2. The minimum absolute atomic E-state index is 0.928. The quantitative estimate of drug-likeness (QED) is 0.737. The normalized spacial score (nSPS) is 10.0. The van der Waals surface area contributed by atoms with Crippen molar-refractivity contribution in [3.8, 4) is 0 Å². The first-order valence-electron chi connectivity index (χ1n) is 6.33. The van der Waals surface area contributed by atoms with Crippen LogP contribution in [0.15, 0.2) is 73.4 Å². The molecule has 0 unspecified atom stereocenters. The van der Waals surface area contributed by atoms with Gasteiger partial charge in [-0.1, -0.05) is 67.2 Å². The minimum Gasteiger partial charge on any atom is -0.373 e. The Kier molecular flexibility index (Phi) is 4.60. The van der Waals surface area contributed by atoms with E-state index in [4.69, 9.17) is 0 Å². The van der Waals surface area contributed by atoms with Crippen molar-refractivity contribution in [3.63, 3.8) is 0 Å². The number of hydrogen-bond donors (Lipinski definition) is 0. The Hall–Kier alpha value is -2.02. The van der Waals surface area contributed by atoms with Crippen LogP contribution in [0.2, 0.25) is 0 Å². The lowest BCUT2D eigenvalue weighted by Gasteiger charge is -2.20. The van der Waals surface area contributed by atoms with Crippen LogP contribution in [0.4, 0.5) is 0 Å². The van der Waals surface area contributed by atoms with Gasteiger partial charge in [0.15, 0.2) is 0 Å². The maximum absolute atomic E-state index is 3.90. The highest BCUT2D eigenvalue weighted by Crippen LogP contribution is 2.07. The first-order chi connectivity index (χ1) is 8.88. The molecule has 0 spiro atoms. The molecule has 1 heteroatoms. The Bertz CT molecular complexity index is 461. The fraction of sp³-hybridized carbons (Fsp3) is 0.176. The Balaban J connectivity index is 1.88. The molecule has 2 aromatic rings. The van der Waals surface area contributed by atoms with E-state index < -0.39 is 0 Å². The van der Waals surface area contributed by atoms with E-state index in [9.17, 15) is 0 Å². The first-order valence-corrected chi connectivity index (χ1v) is 6.33. The second-order valence-corrected chi connectivity index (χ2v) is 4.37. The molecule has 0 radical (unpaired) electrons. The molecule has 0 aliphatic heterocycles. The Labute approximate surface area is 109 Å². The van der Waals surface area contributed by atoms with Crippen molar-refractivity contribution in [3.05, 3.63) is 84.6 Å². The zero-order valence-electron chi connectivity index (χ0n) is 10.6. The molecule has 0 aliphatic rings. The van der Waals surface area contributed by atoms with E-state index in [2.05, 4.69) is 66.1 Å². The van der Waals surface area contributed by atoms with Crippen LogP contribution in [-0.2, 0) is 13.0 Å². The highest BCUT2D eigenvalue weighted by Gasteiger charge is 2.00. The monoisotopic (exact) mass is 237 g/mol. The van der Waals surface area contributed by atoms with E-state index in [1.807, 2.05) is 12.3 Å². The van der Waals surface area contributed by atoms with Gasteiger partial charge in [0.1, 0.15) is 0 Å². The first kappa shape index (κ1) is 12.4. The Morgan fingerprint density at radius 1 is 0.833 bits per heavy atom. The van der Waals surface area contributed by atoms with Gasteiger partial charge in [0.05, 0.1) is 0 Å². The molecule has 0 saturated heterocycles. The van der Waals surface area contributed by atoms with Gasteiger partial charge in [-0.25, -0.2) is 0 Å². The molecule has 0 fully saturated rings. The second kappa shape index (κ2) is 6.65. The third-order valence-electron chi connectivity index (χ3n) is 3.02. The molecule has 0 aliphatic carbocycles. The van der Waals surface area contributed by atoms with Gasteiger partial charge in [0.2, 0.25) is 0 Å². The molecule has 2 aromatic carbocycles. The number of rotatable bonds is 6. The average molecular weight is 237 g/mol. The summed E-state index contributed by atoms with van der Waals surface area (Å²) in [5, 5.41) is 0. The summed E-state index contributed by atoms with van der Waals surface area (Å²) in [5.74, 6) is 0. The van der Waals surface area contributed by atoms with E-state index in [1.54, 1.807) is 0 Å². The van der Waals surface area contributed by atoms with Crippen molar-refractivity contribution in [1.29, 1.82) is 0 Å². The molecule has 2 rings (SSSR count). The Morgan fingerprint density at radius 2 is 1.39 bits per heavy atom. The summed E-state index contributed by atoms with van der Waals surface area (Å²) in [6.45, 7) is 5.83. The van der Waals surface area contributed by atoms with Crippen LogP contribution in [0, 0.1) is 0 Å². The van der Waals surface area contributed by atoms with Crippen LogP contribution in [0.5, 0.6) is 0 Å². The number of nitrogens with zero attached hydrogens (tertiary/aromatic N) is 1. The summed E-state index contributed by atoms with van der Waals surface area (Å²) in [6.07, 6.45) is 2.98. The van der Waals surface area contributed by atoms with Crippen molar-refractivity contribution < 1.29 is 0 Å². The van der Waals surface area contributed by atoms with Crippen LogP contribution >= 0.6 is 0 Å². The van der Waals surface area contributed by atoms with E-state index in [0.29, 0.717) is 0 Å². The lowest BCUT2D eigenvalue weighted by Crippen LogP contribution is -2.19. The fourth-order valence-electron chi connectivity index (χ4n) is 1.97. The standard InChI is InChI=1S/C17H19N/c1-2-18(15-17-11-7-4-8-12-17)14-13-16-9-5-3-6-10-16/h2-12H,1,13-15H2. The largest absolute Gasteiger partial charge is 0.373 e. The molecule has 92 valence electrons. The molecule has 0 aromatic heterocycles. The topological polar surface area (TPSA) is 3.24 Å². The zero-order chi connectivity index (χ0) is 12.6. The third-order valence-corrected chi connectivity index (χ3v) is 3.02. The smallest absolute Gasteiger partial charge is 0.0423 e. The van der Waals surface area contributed by atoms with E-state index in [-0.39, 0.29) is 0 Å². The second-order valence-electron chi connectivity index (χ2n) is 4.37. The van der Waals surface area contributed by atoms with Crippen LogP contribution < -0.4 is 0 Å². The van der Waals surface area contributed by atoms with E-state index >= 15 is 0 Å². The lowest BCUT2D eigenvalue weighted by atomic mass is 10.1. The summed E-state index contributed by atoms with van der Waals surface area (Å²) in [5.41, 5.74) is 2.70. The summed E-state index contributed by atoms with van der Waals surface area (Å²) in [7, 11) is 0. The zero-order valence-corrected chi connectivity index (χ0v) is 10.6. The van der Waals surface area contributed by atoms with Gasteiger partial charge < -0.3 is 4.90 Å². The molecule has 0 saturated carbocycles. The van der Waals surface area contributed by atoms with Crippen LogP contribution in [-0.4, -0.2) is 11.4 Å². The predicted molar refractivity (Wildman–Crippen MR) is 77.2 cm³/mol. The van der Waals surface area contributed by atoms with Crippen LogP contribution in [0.1, 0.15) is 11.1 Å². The molecule has 0 bridgehead atoms. The minimum atomic E-state index is 0.928. The Morgan fingerprint density at radius 3 is 1.94 bits per heavy atom. The third kappa shape index (κ3) is 3.77. The highest BCUT2D eigenvalue weighted by atomic mass is 15.1. The van der Waals surface area contributed by atoms with E-state index in [1.165, 1.54) is 11.1 Å². The molecular formula is C17H19N. The molecule has 18 heavy (non-hydrogen) atoms. The maximum atomic E-state index is 3.90. The predicted octanol–water partition coefficient (Wildman–Crippen LogP) is 3.87. The van der Waals surface area contributed by atoms with E-state index in [0.717, 1.165) is 19.5 Å². The van der Waals surface area contributed by atoms with Crippen molar-refractivity contribution >= 4 is 0 Å². The summed E-state index contributed by atoms with van der Waals surface area (Å²) in [4.78, 5) is 2.25. The van der Waals surface area contributed by atoms with Gasteiger partial charge in [-0.05, 0) is 23.7 Å². The van der Waals surface area contributed by atoms with Gasteiger partial charge >= 0.3 is 0 Å². The molecule has 0 amide bonds. The highest BCUT2D eigenvalue weighted by molar-refractivity contribution is 5.16. The van der Waals surface area contributed by atoms with Crippen LogP contribution in [0.25, 0.3) is 0 Å². The summed E-state index contributed by atoms with van der Waals surface area (Å²) >= 11 is 0. The van der Waals surface area contributed by atoms with Crippen molar-refractivity contribution in [2.75, 3.05) is 6.54 Å². The summed E-state index contributed by atoms with van der Waals surface area (Å²) in [6, 6.07) is 21.1. The fourth-order valence-corrected chi connectivity index (χ4v) is 1.97. The van der Waals surface area contributed by atoms with Crippen molar-refractivity contribution in [1.82, 2.24) is 4.90 Å². The molecular weight excluding hydrogens is 218 g/mol. The molecule has 1 nitrogen and oxygen atoms in total.